The minimum Gasteiger partial charge on any atom is -0.355 e. The fourth-order valence-electron chi connectivity index (χ4n) is 2.33. The average Bonchev–Trinajstić information content (AvgIpc) is 2.58. The highest BCUT2D eigenvalue weighted by molar-refractivity contribution is 9.11. The Bertz CT molecular complexity index is 421. The monoisotopic (exact) mass is 331 g/mol. The van der Waals surface area contributed by atoms with E-state index >= 15 is 0 Å². The third-order valence-electron chi connectivity index (χ3n) is 3.07. The molecule has 0 spiro atoms. The highest BCUT2D eigenvalue weighted by atomic mass is 79.9. The van der Waals surface area contributed by atoms with Crippen LogP contribution in [0.15, 0.2) is 15.9 Å². The summed E-state index contributed by atoms with van der Waals surface area (Å²) < 4.78 is 1.10. The van der Waals surface area contributed by atoms with Crippen LogP contribution in [0.25, 0.3) is 0 Å². The molecule has 0 aromatic carbocycles. The van der Waals surface area contributed by atoms with Crippen LogP contribution < -0.4 is 11.1 Å². The fourth-order valence-corrected chi connectivity index (χ4v) is 4.00. The van der Waals surface area contributed by atoms with Gasteiger partial charge in [0.2, 0.25) is 5.91 Å². The highest BCUT2D eigenvalue weighted by Gasteiger charge is 2.28. The zero-order valence-corrected chi connectivity index (χ0v) is 12.8. The smallest absolute Gasteiger partial charge is 0.234 e. The number of amides is 1. The van der Waals surface area contributed by atoms with E-state index in [1.807, 2.05) is 13.0 Å². The number of thiophene rings is 1. The van der Waals surface area contributed by atoms with Crippen molar-refractivity contribution in [1.29, 1.82) is 0 Å². The molecule has 1 fully saturated rings. The Labute approximate surface area is 120 Å². The van der Waals surface area contributed by atoms with Gasteiger partial charge in [0.05, 0.1) is 16.4 Å². The fraction of sp³-hybridized carbons (Fsp3) is 0.583. The van der Waals surface area contributed by atoms with Crippen LogP contribution in [0, 0.1) is 0 Å². The molecule has 0 bridgehead atoms. The van der Waals surface area contributed by atoms with Gasteiger partial charge >= 0.3 is 0 Å². The van der Waals surface area contributed by atoms with E-state index in [4.69, 9.17) is 5.73 Å². The van der Waals surface area contributed by atoms with Crippen LogP contribution in [0.2, 0.25) is 0 Å². The predicted molar refractivity (Wildman–Crippen MR) is 77.6 cm³/mol. The first-order valence-corrected chi connectivity index (χ1v) is 7.70. The lowest BCUT2D eigenvalue weighted by atomic mass is 10.1. The number of carbonyl (C=O) groups excluding carboxylic acids is 1. The number of rotatable bonds is 3. The van der Waals surface area contributed by atoms with Crippen molar-refractivity contribution < 1.29 is 4.79 Å². The van der Waals surface area contributed by atoms with E-state index in [9.17, 15) is 4.79 Å². The molecule has 100 valence electrons. The summed E-state index contributed by atoms with van der Waals surface area (Å²) in [5, 5.41) is 2.90. The van der Waals surface area contributed by atoms with Crippen molar-refractivity contribution in [3.8, 4) is 0 Å². The summed E-state index contributed by atoms with van der Waals surface area (Å²) in [4.78, 5) is 15.1. The number of halogens is 1. The molecule has 1 aliphatic rings. The Kier molecular flexibility index (Phi) is 4.77. The minimum absolute atomic E-state index is 0.00134. The quantitative estimate of drug-likeness (QED) is 0.886. The Balaban J connectivity index is 2.21. The van der Waals surface area contributed by atoms with Crippen molar-refractivity contribution in [2.75, 3.05) is 19.6 Å². The minimum atomic E-state index is 0.00134. The van der Waals surface area contributed by atoms with Crippen molar-refractivity contribution >= 4 is 33.2 Å². The van der Waals surface area contributed by atoms with Gasteiger partial charge in [0.25, 0.3) is 0 Å². The molecule has 2 rings (SSSR count). The topological polar surface area (TPSA) is 58.4 Å². The molecular formula is C12H18BrN3OS. The normalized spacial score (nSPS) is 21.2. The number of hydrogen-bond donors (Lipinski definition) is 2. The Morgan fingerprint density at radius 1 is 1.56 bits per heavy atom. The van der Waals surface area contributed by atoms with Crippen LogP contribution in [-0.2, 0) is 4.79 Å². The molecular weight excluding hydrogens is 314 g/mol. The van der Waals surface area contributed by atoms with Gasteiger partial charge in [-0.15, -0.1) is 11.3 Å². The molecule has 6 heteroatoms. The van der Waals surface area contributed by atoms with E-state index in [0.717, 1.165) is 23.3 Å². The molecule has 18 heavy (non-hydrogen) atoms. The molecule has 1 aromatic rings. The van der Waals surface area contributed by atoms with Crippen molar-refractivity contribution in [3.05, 3.63) is 20.8 Å². The summed E-state index contributed by atoms with van der Waals surface area (Å²) in [5.74, 6) is 0.0915. The number of carbonyl (C=O) groups is 1. The van der Waals surface area contributed by atoms with Gasteiger partial charge < -0.3 is 11.1 Å². The molecule has 0 saturated carbocycles. The van der Waals surface area contributed by atoms with Crippen LogP contribution in [0.3, 0.4) is 0 Å². The van der Waals surface area contributed by atoms with Crippen molar-refractivity contribution in [2.45, 2.75) is 25.4 Å². The second-order valence-electron chi connectivity index (χ2n) is 4.62. The maximum Gasteiger partial charge on any atom is 0.234 e. The number of nitrogens with two attached hydrogens (primary N) is 1. The Hall–Kier alpha value is -0.430. The van der Waals surface area contributed by atoms with Crippen LogP contribution in [0.1, 0.15) is 24.3 Å². The summed E-state index contributed by atoms with van der Waals surface area (Å²) in [6.07, 6.45) is 0.974. The lowest BCUT2D eigenvalue weighted by Crippen LogP contribution is -2.42. The average molecular weight is 332 g/mol. The molecule has 1 saturated heterocycles. The second kappa shape index (κ2) is 6.14. The van der Waals surface area contributed by atoms with Crippen LogP contribution in [0.5, 0.6) is 0 Å². The SMILES string of the molecule is CC(N)C(c1ccc(Br)s1)N1CCCNC(=O)C1. The summed E-state index contributed by atoms with van der Waals surface area (Å²) in [6.45, 7) is 4.10. The molecule has 0 aliphatic carbocycles. The summed E-state index contributed by atoms with van der Waals surface area (Å²) in [5.41, 5.74) is 6.12. The summed E-state index contributed by atoms with van der Waals surface area (Å²) >= 11 is 5.17. The number of nitrogens with zero attached hydrogens (tertiary/aromatic N) is 1. The third-order valence-corrected chi connectivity index (χ3v) is 4.76. The van der Waals surface area contributed by atoms with E-state index < -0.39 is 0 Å². The Morgan fingerprint density at radius 3 is 2.94 bits per heavy atom. The van der Waals surface area contributed by atoms with Gasteiger partial charge in [-0.2, -0.15) is 0 Å². The zero-order valence-electron chi connectivity index (χ0n) is 10.4. The first-order valence-electron chi connectivity index (χ1n) is 6.09. The number of hydrogen-bond acceptors (Lipinski definition) is 4. The van der Waals surface area contributed by atoms with Crippen LogP contribution in [-0.4, -0.2) is 36.5 Å². The van der Waals surface area contributed by atoms with E-state index in [1.165, 1.54) is 4.88 Å². The lowest BCUT2D eigenvalue weighted by molar-refractivity contribution is -0.122. The molecule has 1 aliphatic heterocycles. The molecule has 2 heterocycles. The van der Waals surface area contributed by atoms with Crippen LogP contribution in [0.4, 0.5) is 0 Å². The van der Waals surface area contributed by atoms with Gasteiger partial charge in [0.1, 0.15) is 0 Å². The van der Waals surface area contributed by atoms with Crippen molar-refractivity contribution in [2.24, 2.45) is 5.73 Å². The summed E-state index contributed by atoms with van der Waals surface area (Å²) in [7, 11) is 0. The molecule has 2 unspecified atom stereocenters. The van der Waals surface area contributed by atoms with Gasteiger partial charge in [0.15, 0.2) is 0 Å². The van der Waals surface area contributed by atoms with Gasteiger partial charge in [-0.1, -0.05) is 0 Å². The molecule has 0 radical (unpaired) electrons. The number of nitrogens with one attached hydrogen (secondary N) is 1. The third kappa shape index (κ3) is 3.32. The van der Waals surface area contributed by atoms with E-state index in [-0.39, 0.29) is 18.0 Å². The van der Waals surface area contributed by atoms with Gasteiger partial charge in [0, 0.05) is 24.0 Å². The van der Waals surface area contributed by atoms with Gasteiger partial charge in [-0.25, -0.2) is 0 Å². The predicted octanol–water partition coefficient (Wildman–Crippen LogP) is 1.72. The van der Waals surface area contributed by atoms with Gasteiger partial charge in [-0.05, 0) is 41.4 Å². The Morgan fingerprint density at radius 2 is 2.33 bits per heavy atom. The maximum absolute atomic E-state index is 11.7. The highest BCUT2D eigenvalue weighted by Crippen LogP contribution is 2.32. The lowest BCUT2D eigenvalue weighted by Gasteiger charge is -2.31. The maximum atomic E-state index is 11.7. The zero-order chi connectivity index (χ0) is 13.1. The summed E-state index contributed by atoms with van der Waals surface area (Å²) in [6, 6.07) is 4.24. The molecule has 1 amide bonds. The largest absolute Gasteiger partial charge is 0.355 e. The standard InChI is InChI=1S/C12H18BrN3OS/c1-8(14)12(9-3-4-10(13)18-9)16-6-2-5-15-11(17)7-16/h3-4,8,12H,2,5-7,14H2,1H3,(H,15,17). The van der Waals surface area contributed by atoms with Crippen LogP contribution >= 0.6 is 27.3 Å². The molecule has 3 N–H and O–H groups in total. The van der Waals surface area contributed by atoms with Gasteiger partial charge in [-0.3, -0.25) is 9.69 Å². The van der Waals surface area contributed by atoms with E-state index in [0.29, 0.717) is 6.54 Å². The molecule has 4 nitrogen and oxygen atoms in total. The van der Waals surface area contributed by atoms with E-state index in [1.54, 1.807) is 11.3 Å². The van der Waals surface area contributed by atoms with Crippen molar-refractivity contribution in [1.82, 2.24) is 10.2 Å². The molecule has 2 atom stereocenters. The second-order valence-corrected chi connectivity index (χ2v) is 7.11. The van der Waals surface area contributed by atoms with Crippen molar-refractivity contribution in [3.63, 3.8) is 0 Å². The first-order chi connectivity index (χ1) is 8.58. The van der Waals surface area contributed by atoms with E-state index in [2.05, 4.69) is 32.2 Å². The molecule has 1 aromatic heterocycles. The first kappa shape index (κ1) is 14.0.